The molecule has 0 radical (unpaired) electrons. The summed E-state index contributed by atoms with van der Waals surface area (Å²) >= 11 is 6.16. The summed E-state index contributed by atoms with van der Waals surface area (Å²) in [6, 6.07) is 6.21. The molecular formula is C14H20ClNO. The highest BCUT2D eigenvalue weighted by Crippen LogP contribution is 2.27. The van der Waals surface area contributed by atoms with Crippen molar-refractivity contribution in [2.75, 3.05) is 13.2 Å². The summed E-state index contributed by atoms with van der Waals surface area (Å²) < 4.78 is 5.43. The number of nitrogens with one attached hydrogen (secondary N) is 1. The zero-order valence-corrected chi connectivity index (χ0v) is 11.3. The Kier molecular flexibility index (Phi) is 6.09. The quantitative estimate of drug-likeness (QED) is 0.743. The summed E-state index contributed by atoms with van der Waals surface area (Å²) in [6.07, 6.45) is 2.83. The Bertz CT molecular complexity index is 365. The van der Waals surface area contributed by atoms with Crippen LogP contribution in [0.2, 0.25) is 5.02 Å². The van der Waals surface area contributed by atoms with Gasteiger partial charge in [0.1, 0.15) is 12.4 Å². The highest BCUT2D eigenvalue weighted by Gasteiger charge is 2.07. The van der Waals surface area contributed by atoms with Gasteiger partial charge in [-0.3, -0.25) is 0 Å². The van der Waals surface area contributed by atoms with Crippen LogP contribution in [0.5, 0.6) is 5.75 Å². The molecule has 0 bridgehead atoms. The normalized spacial score (nSPS) is 12.2. The van der Waals surface area contributed by atoms with Gasteiger partial charge in [-0.1, -0.05) is 37.2 Å². The first-order valence-corrected chi connectivity index (χ1v) is 6.33. The van der Waals surface area contributed by atoms with E-state index in [4.69, 9.17) is 16.3 Å². The van der Waals surface area contributed by atoms with Crippen molar-refractivity contribution >= 4 is 11.6 Å². The lowest BCUT2D eigenvalue weighted by molar-refractivity contribution is 0.363. The Morgan fingerprint density at radius 1 is 1.53 bits per heavy atom. The topological polar surface area (TPSA) is 21.3 Å². The van der Waals surface area contributed by atoms with Crippen molar-refractivity contribution in [3.63, 3.8) is 0 Å². The number of hydrogen-bond donors (Lipinski definition) is 1. The first kappa shape index (κ1) is 14.1. The van der Waals surface area contributed by atoms with E-state index in [1.54, 1.807) is 6.08 Å². The molecule has 1 unspecified atom stereocenters. The van der Waals surface area contributed by atoms with Crippen LogP contribution < -0.4 is 10.1 Å². The van der Waals surface area contributed by atoms with E-state index in [0.29, 0.717) is 23.4 Å². The van der Waals surface area contributed by atoms with Gasteiger partial charge in [0.15, 0.2) is 0 Å². The molecule has 0 saturated carbocycles. The summed E-state index contributed by atoms with van der Waals surface area (Å²) in [5, 5.41) is 4.07. The van der Waals surface area contributed by atoms with Crippen LogP contribution in [0.25, 0.3) is 0 Å². The maximum atomic E-state index is 6.16. The zero-order valence-electron chi connectivity index (χ0n) is 10.5. The number of hydrogen-bond acceptors (Lipinski definition) is 2. The molecule has 1 atom stereocenters. The zero-order chi connectivity index (χ0) is 12.7. The van der Waals surface area contributed by atoms with Gasteiger partial charge in [0.25, 0.3) is 0 Å². The Morgan fingerprint density at radius 2 is 2.29 bits per heavy atom. The summed E-state index contributed by atoms with van der Waals surface area (Å²) in [5.41, 5.74) is 1.18. The fourth-order valence-electron chi connectivity index (χ4n) is 1.53. The van der Waals surface area contributed by atoms with Crippen LogP contribution in [0.15, 0.2) is 30.9 Å². The third-order valence-electron chi connectivity index (χ3n) is 2.51. The van der Waals surface area contributed by atoms with E-state index >= 15 is 0 Å². The molecule has 2 nitrogen and oxygen atoms in total. The second-order valence-corrected chi connectivity index (χ2v) is 4.37. The minimum Gasteiger partial charge on any atom is -0.488 e. The van der Waals surface area contributed by atoms with Crippen LogP contribution in [0.3, 0.4) is 0 Å². The Balaban J connectivity index is 2.70. The van der Waals surface area contributed by atoms with Crippen molar-refractivity contribution in [2.45, 2.75) is 26.3 Å². The molecule has 0 spiro atoms. The molecule has 17 heavy (non-hydrogen) atoms. The molecule has 0 aliphatic heterocycles. The maximum absolute atomic E-state index is 6.16. The molecule has 0 amide bonds. The lowest BCUT2D eigenvalue weighted by Crippen LogP contribution is -2.19. The van der Waals surface area contributed by atoms with Crippen molar-refractivity contribution in [2.24, 2.45) is 0 Å². The summed E-state index contributed by atoms with van der Waals surface area (Å²) in [5.74, 6) is 0.706. The number of ether oxygens (including phenoxy) is 1. The molecule has 94 valence electrons. The first-order valence-electron chi connectivity index (χ1n) is 5.95. The molecule has 0 saturated heterocycles. The lowest BCUT2D eigenvalue weighted by atomic mass is 10.1. The van der Waals surface area contributed by atoms with Crippen molar-refractivity contribution in [3.8, 4) is 5.75 Å². The molecule has 1 N–H and O–H groups in total. The SMILES string of the molecule is C=CCOc1ccc(C(C)NCCC)cc1Cl. The van der Waals surface area contributed by atoms with E-state index in [-0.39, 0.29) is 0 Å². The van der Waals surface area contributed by atoms with E-state index in [9.17, 15) is 0 Å². The molecule has 3 heteroatoms. The second-order valence-electron chi connectivity index (χ2n) is 3.97. The van der Waals surface area contributed by atoms with Crippen molar-refractivity contribution < 1.29 is 4.74 Å². The van der Waals surface area contributed by atoms with E-state index < -0.39 is 0 Å². The molecule has 1 aromatic rings. The predicted octanol–water partition coefficient (Wildman–Crippen LogP) is 3.97. The second kappa shape index (κ2) is 7.36. The van der Waals surface area contributed by atoms with Crippen molar-refractivity contribution in [1.29, 1.82) is 0 Å². The fraction of sp³-hybridized carbons (Fsp3) is 0.429. The average molecular weight is 254 g/mol. The maximum Gasteiger partial charge on any atom is 0.138 e. The predicted molar refractivity (Wildman–Crippen MR) is 73.9 cm³/mol. The number of rotatable bonds is 7. The third kappa shape index (κ3) is 4.41. The molecular weight excluding hydrogens is 234 g/mol. The van der Waals surface area contributed by atoms with Crippen LogP contribution in [0.4, 0.5) is 0 Å². The van der Waals surface area contributed by atoms with Gasteiger partial charge in [-0.15, -0.1) is 0 Å². The largest absolute Gasteiger partial charge is 0.488 e. The minimum absolute atomic E-state index is 0.306. The fourth-order valence-corrected chi connectivity index (χ4v) is 1.77. The van der Waals surface area contributed by atoms with Gasteiger partial charge in [-0.25, -0.2) is 0 Å². The molecule has 1 rings (SSSR count). The molecule has 0 aliphatic carbocycles. The third-order valence-corrected chi connectivity index (χ3v) is 2.81. The summed E-state index contributed by atoms with van der Waals surface area (Å²) in [6.45, 7) is 9.37. The van der Waals surface area contributed by atoms with Gasteiger partial charge in [-0.05, 0) is 37.6 Å². The molecule has 0 aromatic heterocycles. The number of halogens is 1. The Morgan fingerprint density at radius 3 is 2.88 bits per heavy atom. The average Bonchev–Trinajstić information content (AvgIpc) is 2.34. The molecule has 0 aliphatic rings. The van der Waals surface area contributed by atoms with Crippen LogP contribution in [0, 0.1) is 0 Å². The van der Waals surface area contributed by atoms with E-state index in [1.807, 2.05) is 18.2 Å². The van der Waals surface area contributed by atoms with Crippen LogP contribution in [-0.2, 0) is 0 Å². The highest BCUT2D eigenvalue weighted by atomic mass is 35.5. The smallest absolute Gasteiger partial charge is 0.138 e. The molecule has 0 heterocycles. The standard InChI is InChI=1S/C14H20ClNO/c1-4-8-16-11(3)12-6-7-14(13(15)10-12)17-9-5-2/h5-7,10-11,16H,2,4,8-9H2,1,3H3. The Hall–Kier alpha value is -0.990. The molecule has 1 aromatic carbocycles. The van der Waals surface area contributed by atoms with E-state index in [0.717, 1.165) is 13.0 Å². The minimum atomic E-state index is 0.306. The summed E-state index contributed by atoms with van der Waals surface area (Å²) in [7, 11) is 0. The highest BCUT2D eigenvalue weighted by molar-refractivity contribution is 6.32. The monoisotopic (exact) mass is 253 g/mol. The Labute approximate surface area is 109 Å². The van der Waals surface area contributed by atoms with Crippen LogP contribution in [-0.4, -0.2) is 13.2 Å². The van der Waals surface area contributed by atoms with Crippen LogP contribution >= 0.6 is 11.6 Å². The van der Waals surface area contributed by atoms with Gasteiger partial charge < -0.3 is 10.1 Å². The first-order chi connectivity index (χ1) is 8.19. The summed E-state index contributed by atoms with van der Waals surface area (Å²) in [4.78, 5) is 0. The van der Waals surface area contributed by atoms with Crippen molar-refractivity contribution in [3.05, 3.63) is 41.4 Å². The molecule has 0 fully saturated rings. The van der Waals surface area contributed by atoms with Crippen LogP contribution in [0.1, 0.15) is 31.9 Å². The van der Waals surface area contributed by atoms with E-state index in [1.165, 1.54) is 5.56 Å². The lowest BCUT2D eigenvalue weighted by Gasteiger charge is -2.15. The van der Waals surface area contributed by atoms with Gasteiger partial charge >= 0.3 is 0 Å². The van der Waals surface area contributed by atoms with Gasteiger partial charge in [0.2, 0.25) is 0 Å². The van der Waals surface area contributed by atoms with Gasteiger partial charge in [0.05, 0.1) is 5.02 Å². The number of benzene rings is 1. The van der Waals surface area contributed by atoms with E-state index in [2.05, 4.69) is 25.7 Å². The van der Waals surface area contributed by atoms with Gasteiger partial charge in [-0.2, -0.15) is 0 Å². The van der Waals surface area contributed by atoms with Gasteiger partial charge in [0, 0.05) is 6.04 Å². The van der Waals surface area contributed by atoms with Crippen molar-refractivity contribution in [1.82, 2.24) is 5.32 Å².